The average molecular weight is 194 g/mol. The van der Waals surface area contributed by atoms with Gasteiger partial charge in [-0.3, -0.25) is 4.79 Å². The van der Waals surface area contributed by atoms with Crippen LogP contribution in [0.1, 0.15) is 40.0 Å². The molecule has 1 fully saturated rings. The van der Waals surface area contributed by atoms with Gasteiger partial charge in [0.05, 0.1) is 17.7 Å². The molecule has 0 bridgehead atoms. The maximum atomic E-state index is 11.9. The van der Waals surface area contributed by atoms with E-state index in [0.717, 1.165) is 25.0 Å². The molecule has 0 aromatic rings. The molecule has 1 heterocycles. The van der Waals surface area contributed by atoms with Crippen LogP contribution in [0, 0.1) is 11.8 Å². The van der Waals surface area contributed by atoms with E-state index in [2.05, 4.69) is 25.9 Å². The van der Waals surface area contributed by atoms with Gasteiger partial charge in [-0.2, -0.15) is 5.10 Å². The zero-order valence-corrected chi connectivity index (χ0v) is 9.16. The lowest BCUT2D eigenvalue weighted by atomic mass is 10.0. The molecule has 2 rings (SSSR count). The Balaban J connectivity index is 2.16. The fourth-order valence-corrected chi connectivity index (χ4v) is 2.14. The van der Waals surface area contributed by atoms with Crippen molar-refractivity contribution in [3.8, 4) is 0 Å². The first-order valence-corrected chi connectivity index (χ1v) is 5.51. The Hall–Kier alpha value is -0.860. The second-order valence-corrected chi connectivity index (χ2v) is 4.70. The predicted octanol–water partition coefficient (Wildman–Crippen LogP) is 2.03. The Bertz CT molecular complexity index is 283. The molecule has 3 heteroatoms. The van der Waals surface area contributed by atoms with Gasteiger partial charge in [0.1, 0.15) is 0 Å². The minimum absolute atomic E-state index is 0.135. The lowest BCUT2D eigenvalue weighted by molar-refractivity contribution is -0.134. The summed E-state index contributed by atoms with van der Waals surface area (Å²) in [4.78, 5) is 11.9. The van der Waals surface area contributed by atoms with Gasteiger partial charge in [0.25, 0.3) is 5.91 Å². The summed E-state index contributed by atoms with van der Waals surface area (Å²) in [6.45, 7) is 6.34. The van der Waals surface area contributed by atoms with Gasteiger partial charge in [-0.05, 0) is 32.1 Å². The van der Waals surface area contributed by atoms with Crippen LogP contribution in [0.3, 0.4) is 0 Å². The van der Waals surface area contributed by atoms with Crippen LogP contribution in [-0.4, -0.2) is 22.7 Å². The van der Waals surface area contributed by atoms with E-state index in [1.807, 2.05) is 0 Å². The van der Waals surface area contributed by atoms with Gasteiger partial charge in [-0.1, -0.05) is 13.8 Å². The molecule has 1 aliphatic carbocycles. The van der Waals surface area contributed by atoms with Crippen molar-refractivity contribution in [3.05, 3.63) is 0 Å². The fraction of sp³-hybridized carbons (Fsp3) is 0.818. The van der Waals surface area contributed by atoms with Crippen LogP contribution in [0.5, 0.6) is 0 Å². The van der Waals surface area contributed by atoms with E-state index in [0.29, 0.717) is 5.92 Å². The highest BCUT2D eigenvalue weighted by atomic mass is 16.2. The molecule has 2 aliphatic rings. The number of fused-ring (bicyclic) bond motifs is 1. The van der Waals surface area contributed by atoms with Gasteiger partial charge in [-0.15, -0.1) is 0 Å². The summed E-state index contributed by atoms with van der Waals surface area (Å²) in [5.74, 6) is 0.844. The standard InChI is InChI=1S/C11H18N2O/c1-7(2)8(3)13-11(14)9-5-4-6-10(9)12-13/h7-9H,4-6H2,1-3H3. The number of hydrazone groups is 1. The van der Waals surface area contributed by atoms with E-state index in [1.165, 1.54) is 0 Å². The van der Waals surface area contributed by atoms with Gasteiger partial charge in [0.2, 0.25) is 0 Å². The quantitative estimate of drug-likeness (QED) is 0.662. The van der Waals surface area contributed by atoms with E-state index in [9.17, 15) is 4.79 Å². The van der Waals surface area contributed by atoms with Crippen LogP contribution in [0.2, 0.25) is 0 Å². The number of carbonyl (C=O) groups excluding carboxylic acids is 1. The zero-order valence-electron chi connectivity index (χ0n) is 9.16. The first-order chi connectivity index (χ1) is 6.61. The van der Waals surface area contributed by atoms with Gasteiger partial charge in [0, 0.05) is 0 Å². The molecule has 0 radical (unpaired) electrons. The monoisotopic (exact) mass is 194 g/mol. The summed E-state index contributed by atoms with van der Waals surface area (Å²) in [6.07, 6.45) is 3.18. The minimum Gasteiger partial charge on any atom is -0.272 e. The topological polar surface area (TPSA) is 32.7 Å². The van der Waals surface area contributed by atoms with Gasteiger partial charge >= 0.3 is 0 Å². The highest BCUT2D eigenvalue weighted by molar-refractivity contribution is 6.09. The van der Waals surface area contributed by atoms with Crippen molar-refractivity contribution < 1.29 is 4.79 Å². The number of nitrogens with zero attached hydrogens (tertiary/aromatic N) is 2. The highest BCUT2D eigenvalue weighted by Gasteiger charge is 2.40. The summed E-state index contributed by atoms with van der Waals surface area (Å²) in [5.41, 5.74) is 1.13. The summed E-state index contributed by atoms with van der Waals surface area (Å²) in [5, 5.41) is 6.16. The molecule has 14 heavy (non-hydrogen) atoms. The number of hydrogen-bond acceptors (Lipinski definition) is 2. The molecule has 1 saturated carbocycles. The normalized spacial score (nSPS) is 28.3. The van der Waals surface area contributed by atoms with Crippen molar-refractivity contribution in [1.29, 1.82) is 0 Å². The first kappa shape index (κ1) is 9.69. The second kappa shape index (κ2) is 3.37. The van der Waals surface area contributed by atoms with Crippen molar-refractivity contribution >= 4 is 11.6 Å². The van der Waals surface area contributed by atoms with E-state index < -0.39 is 0 Å². The third kappa shape index (κ3) is 1.35. The van der Waals surface area contributed by atoms with Crippen molar-refractivity contribution in [3.63, 3.8) is 0 Å². The SMILES string of the molecule is CC(C)C(C)N1N=C2CCCC2C1=O. The molecular weight excluding hydrogens is 176 g/mol. The van der Waals surface area contributed by atoms with E-state index in [-0.39, 0.29) is 17.9 Å². The molecule has 3 nitrogen and oxygen atoms in total. The minimum atomic E-state index is 0.135. The highest BCUT2D eigenvalue weighted by Crippen LogP contribution is 2.32. The molecule has 0 aromatic carbocycles. The Morgan fingerprint density at radius 2 is 2.14 bits per heavy atom. The Labute approximate surface area is 85.2 Å². The van der Waals surface area contributed by atoms with Crippen LogP contribution in [-0.2, 0) is 4.79 Å². The summed E-state index contributed by atoms with van der Waals surface area (Å²) in [6, 6.07) is 0.237. The summed E-state index contributed by atoms with van der Waals surface area (Å²) in [7, 11) is 0. The molecule has 0 aromatic heterocycles. The molecule has 78 valence electrons. The molecule has 2 unspecified atom stereocenters. The van der Waals surface area contributed by atoms with Crippen molar-refractivity contribution in [2.24, 2.45) is 16.9 Å². The van der Waals surface area contributed by atoms with Crippen molar-refractivity contribution in [2.45, 2.75) is 46.1 Å². The smallest absolute Gasteiger partial charge is 0.251 e. The molecule has 1 amide bonds. The van der Waals surface area contributed by atoms with E-state index >= 15 is 0 Å². The number of rotatable bonds is 2. The molecular formula is C11H18N2O. The predicted molar refractivity (Wildman–Crippen MR) is 55.9 cm³/mol. The van der Waals surface area contributed by atoms with Crippen molar-refractivity contribution in [2.75, 3.05) is 0 Å². The van der Waals surface area contributed by atoms with Gasteiger partial charge < -0.3 is 0 Å². The summed E-state index contributed by atoms with van der Waals surface area (Å²) >= 11 is 0. The molecule has 0 N–H and O–H groups in total. The van der Waals surface area contributed by atoms with Crippen LogP contribution in [0.15, 0.2) is 5.10 Å². The maximum Gasteiger partial charge on any atom is 0.251 e. The Morgan fingerprint density at radius 1 is 1.43 bits per heavy atom. The lowest BCUT2D eigenvalue weighted by Gasteiger charge is -2.24. The number of hydrogen-bond donors (Lipinski definition) is 0. The fourth-order valence-electron chi connectivity index (χ4n) is 2.14. The van der Waals surface area contributed by atoms with Crippen LogP contribution < -0.4 is 0 Å². The van der Waals surface area contributed by atoms with Crippen LogP contribution in [0.25, 0.3) is 0 Å². The Morgan fingerprint density at radius 3 is 2.71 bits per heavy atom. The van der Waals surface area contributed by atoms with Gasteiger partial charge in [0.15, 0.2) is 0 Å². The van der Waals surface area contributed by atoms with Gasteiger partial charge in [-0.25, -0.2) is 5.01 Å². The van der Waals surface area contributed by atoms with E-state index in [1.54, 1.807) is 5.01 Å². The first-order valence-electron chi connectivity index (χ1n) is 5.51. The zero-order chi connectivity index (χ0) is 10.3. The second-order valence-electron chi connectivity index (χ2n) is 4.70. The third-order valence-electron chi connectivity index (χ3n) is 3.44. The lowest BCUT2D eigenvalue weighted by Crippen LogP contribution is -2.36. The molecule has 2 atom stereocenters. The van der Waals surface area contributed by atoms with E-state index in [4.69, 9.17) is 0 Å². The maximum absolute atomic E-state index is 11.9. The summed E-state index contributed by atoms with van der Waals surface area (Å²) < 4.78 is 0. The third-order valence-corrected chi connectivity index (χ3v) is 3.44. The molecule has 1 aliphatic heterocycles. The van der Waals surface area contributed by atoms with Crippen molar-refractivity contribution in [1.82, 2.24) is 5.01 Å². The molecule has 0 spiro atoms. The largest absolute Gasteiger partial charge is 0.272 e. The number of amides is 1. The number of carbonyl (C=O) groups is 1. The molecule has 0 saturated heterocycles. The Kier molecular flexibility index (Phi) is 2.33. The van der Waals surface area contributed by atoms with Crippen LogP contribution >= 0.6 is 0 Å². The average Bonchev–Trinajstić information content (AvgIpc) is 2.68. The van der Waals surface area contributed by atoms with Crippen LogP contribution in [0.4, 0.5) is 0 Å².